The van der Waals surface area contributed by atoms with Crippen molar-refractivity contribution in [1.82, 2.24) is 4.90 Å². The van der Waals surface area contributed by atoms with Gasteiger partial charge < -0.3 is 10.0 Å². The summed E-state index contributed by atoms with van der Waals surface area (Å²) in [5, 5.41) is 8.36. The molecule has 0 aromatic rings. The lowest BCUT2D eigenvalue weighted by Crippen LogP contribution is -2.27. The first kappa shape index (κ1) is 11.9. The number of hydrogen-bond donors (Lipinski definition) is 1. The van der Waals surface area contributed by atoms with Crippen LogP contribution in [0.5, 0.6) is 0 Å². The van der Waals surface area contributed by atoms with E-state index >= 15 is 0 Å². The molecule has 0 fully saturated rings. The third-order valence-corrected chi connectivity index (χ3v) is 1.90. The van der Waals surface area contributed by atoms with Crippen LogP contribution >= 0.6 is 11.6 Å². The van der Waals surface area contributed by atoms with Crippen molar-refractivity contribution in [3.05, 3.63) is 0 Å². The Bertz CT molecular complexity index is 130. The average Bonchev–Trinajstić information content (AvgIpc) is 2.02. The smallest absolute Gasteiger partial charge is 0.221 e. The average molecular weight is 194 g/mol. The number of rotatable bonds is 7. The zero-order valence-electron chi connectivity index (χ0n) is 7.42. The maximum atomic E-state index is 10.4. The van der Waals surface area contributed by atoms with Gasteiger partial charge in [0.2, 0.25) is 5.24 Å². The van der Waals surface area contributed by atoms with Gasteiger partial charge in [-0.1, -0.05) is 6.92 Å². The molecule has 1 N–H and O–H groups in total. The van der Waals surface area contributed by atoms with E-state index in [9.17, 15) is 4.79 Å². The number of carbonyl (C=O) groups is 1. The van der Waals surface area contributed by atoms with Crippen LogP contribution in [0.1, 0.15) is 19.8 Å². The molecule has 0 amide bonds. The van der Waals surface area contributed by atoms with Gasteiger partial charge in [0.05, 0.1) is 6.61 Å². The van der Waals surface area contributed by atoms with Crippen LogP contribution in [0.25, 0.3) is 0 Å². The summed E-state index contributed by atoms with van der Waals surface area (Å²) >= 11 is 5.17. The molecule has 0 aromatic carbocycles. The van der Waals surface area contributed by atoms with Gasteiger partial charge in [-0.2, -0.15) is 0 Å². The highest BCUT2D eigenvalue weighted by Crippen LogP contribution is 1.97. The molecule has 0 spiro atoms. The minimum absolute atomic E-state index is 0.169. The van der Waals surface area contributed by atoms with Crippen molar-refractivity contribution in [1.29, 1.82) is 0 Å². The van der Waals surface area contributed by atoms with E-state index in [1.165, 1.54) is 0 Å². The molecule has 0 aliphatic rings. The van der Waals surface area contributed by atoms with Crippen LogP contribution in [0.4, 0.5) is 0 Å². The summed E-state index contributed by atoms with van der Waals surface area (Å²) in [7, 11) is 0. The third kappa shape index (κ3) is 6.58. The highest BCUT2D eigenvalue weighted by Gasteiger charge is 2.02. The summed E-state index contributed by atoms with van der Waals surface area (Å²) in [4.78, 5) is 12.5. The highest BCUT2D eigenvalue weighted by molar-refractivity contribution is 6.63. The van der Waals surface area contributed by atoms with E-state index in [4.69, 9.17) is 16.7 Å². The van der Waals surface area contributed by atoms with Crippen LogP contribution in [0.15, 0.2) is 0 Å². The number of aliphatic hydroxyl groups is 1. The molecule has 0 atom stereocenters. The molecule has 0 aromatic heterocycles. The second-order valence-corrected chi connectivity index (χ2v) is 3.04. The molecule has 0 saturated carbocycles. The molecular weight excluding hydrogens is 178 g/mol. The number of hydrogen-bond acceptors (Lipinski definition) is 3. The van der Waals surface area contributed by atoms with Gasteiger partial charge in [-0.15, -0.1) is 0 Å². The Balaban J connectivity index is 3.37. The summed E-state index contributed by atoms with van der Waals surface area (Å²) in [5.74, 6) is 0. The molecule has 3 nitrogen and oxygen atoms in total. The number of halogens is 1. The van der Waals surface area contributed by atoms with Crippen LogP contribution < -0.4 is 0 Å². The SMILES string of the molecule is CCN(CCO)CCCC(=O)Cl. The van der Waals surface area contributed by atoms with Crippen LogP contribution in [-0.4, -0.2) is 41.5 Å². The fourth-order valence-corrected chi connectivity index (χ4v) is 1.14. The maximum absolute atomic E-state index is 10.4. The first-order valence-corrected chi connectivity index (χ1v) is 4.60. The second kappa shape index (κ2) is 7.53. The Kier molecular flexibility index (Phi) is 7.45. The highest BCUT2D eigenvalue weighted by atomic mass is 35.5. The molecule has 4 heteroatoms. The fraction of sp³-hybridized carbons (Fsp3) is 0.875. The normalized spacial score (nSPS) is 10.7. The number of carbonyl (C=O) groups excluding carboxylic acids is 1. The lowest BCUT2D eigenvalue weighted by atomic mass is 10.3. The zero-order chi connectivity index (χ0) is 9.40. The summed E-state index contributed by atoms with van der Waals surface area (Å²) < 4.78 is 0. The van der Waals surface area contributed by atoms with Crippen LogP contribution in [-0.2, 0) is 4.79 Å². The standard InChI is InChI=1S/C8H16ClNO2/c1-2-10(6-7-11)5-3-4-8(9)12/h11H,2-7H2,1H3. The molecule has 12 heavy (non-hydrogen) atoms. The zero-order valence-corrected chi connectivity index (χ0v) is 8.18. The van der Waals surface area contributed by atoms with Crippen molar-refractivity contribution in [2.45, 2.75) is 19.8 Å². The lowest BCUT2D eigenvalue weighted by molar-refractivity contribution is -0.111. The van der Waals surface area contributed by atoms with Crippen LogP contribution in [0, 0.1) is 0 Å². The van der Waals surface area contributed by atoms with E-state index < -0.39 is 0 Å². The first-order valence-electron chi connectivity index (χ1n) is 4.22. The molecule has 0 unspecified atom stereocenters. The van der Waals surface area contributed by atoms with Gasteiger partial charge >= 0.3 is 0 Å². The number of likely N-dealkylation sites (N-methyl/N-ethyl adjacent to an activating group) is 1. The van der Waals surface area contributed by atoms with Crippen molar-refractivity contribution in [2.75, 3.05) is 26.2 Å². The Hall–Kier alpha value is -0.120. The molecule has 0 bridgehead atoms. The maximum Gasteiger partial charge on any atom is 0.221 e. The van der Waals surface area contributed by atoms with E-state index in [1.807, 2.05) is 6.92 Å². The monoisotopic (exact) mass is 193 g/mol. The van der Waals surface area contributed by atoms with Gasteiger partial charge in [0, 0.05) is 13.0 Å². The Morgan fingerprint density at radius 3 is 2.58 bits per heavy atom. The molecule has 0 radical (unpaired) electrons. The third-order valence-electron chi connectivity index (χ3n) is 1.71. The van der Waals surface area contributed by atoms with E-state index in [0.29, 0.717) is 13.0 Å². The van der Waals surface area contributed by atoms with Crippen molar-refractivity contribution in [2.24, 2.45) is 0 Å². The minimum atomic E-state index is -0.282. The molecule has 0 saturated heterocycles. The number of nitrogens with zero attached hydrogens (tertiary/aromatic N) is 1. The molecular formula is C8H16ClNO2. The lowest BCUT2D eigenvalue weighted by Gasteiger charge is -2.17. The molecule has 0 heterocycles. The van der Waals surface area contributed by atoms with Gasteiger partial charge in [0.1, 0.15) is 0 Å². The summed E-state index contributed by atoms with van der Waals surface area (Å²) in [6.07, 6.45) is 1.19. The predicted octanol–water partition coefficient (Wildman–Crippen LogP) is 0.846. The molecule has 0 rings (SSSR count). The predicted molar refractivity (Wildman–Crippen MR) is 49.3 cm³/mol. The van der Waals surface area contributed by atoms with Crippen molar-refractivity contribution in [3.63, 3.8) is 0 Å². The largest absolute Gasteiger partial charge is 0.395 e. The van der Waals surface area contributed by atoms with Gasteiger partial charge in [0.15, 0.2) is 0 Å². The van der Waals surface area contributed by atoms with Gasteiger partial charge in [-0.3, -0.25) is 4.79 Å². The van der Waals surface area contributed by atoms with Gasteiger partial charge in [0.25, 0.3) is 0 Å². The second-order valence-electron chi connectivity index (χ2n) is 2.62. The summed E-state index contributed by atoms with van der Waals surface area (Å²) in [6.45, 7) is 4.60. The Morgan fingerprint density at radius 2 is 2.17 bits per heavy atom. The van der Waals surface area contributed by atoms with Crippen molar-refractivity contribution in [3.8, 4) is 0 Å². The van der Waals surface area contributed by atoms with Crippen LogP contribution in [0.2, 0.25) is 0 Å². The summed E-state index contributed by atoms with van der Waals surface area (Å²) in [5.41, 5.74) is 0. The van der Waals surface area contributed by atoms with E-state index in [2.05, 4.69) is 4.90 Å². The number of aliphatic hydroxyl groups excluding tert-OH is 1. The van der Waals surface area contributed by atoms with Gasteiger partial charge in [-0.05, 0) is 31.1 Å². The minimum Gasteiger partial charge on any atom is -0.395 e. The Morgan fingerprint density at radius 1 is 1.50 bits per heavy atom. The van der Waals surface area contributed by atoms with Crippen molar-refractivity contribution < 1.29 is 9.90 Å². The van der Waals surface area contributed by atoms with E-state index in [-0.39, 0.29) is 11.8 Å². The van der Waals surface area contributed by atoms with E-state index in [0.717, 1.165) is 19.5 Å². The fourth-order valence-electron chi connectivity index (χ4n) is 1.01. The molecule has 0 aliphatic heterocycles. The quantitative estimate of drug-likeness (QED) is 0.610. The molecule has 0 aliphatic carbocycles. The van der Waals surface area contributed by atoms with Crippen molar-refractivity contribution >= 4 is 16.8 Å². The van der Waals surface area contributed by atoms with Gasteiger partial charge in [-0.25, -0.2) is 0 Å². The summed E-state index contributed by atoms with van der Waals surface area (Å²) in [6, 6.07) is 0. The first-order chi connectivity index (χ1) is 5.70. The Labute approximate surface area is 78.3 Å². The van der Waals surface area contributed by atoms with E-state index in [1.54, 1.807) is 0 Å². The topological polar surface area (TPSA) is 40.5 Å². The molecule has 72 valence electrons. The van der Waals surface area contributed by atoms with Crippen LogP contribution in [0.3, 0.4) is 0 Å².